The van der Waals surface area contributed by atoms with E-state index in [0.717, 1.165) is 25.9 Å². The summed E-state index contributed by atoms with van der Waals surface area (Å²) in [7, 11) is 0. The largest absolute Gasteiger partial charge is 0.465 e. The first-order valence-corrected chi connectivity index (χ1v) is 6.69. The lowest BCUT2D eigenvalue weighted by Crippen LogP contribution is -2.48. The van der Waals surface area contributed by atoms with Crippen LogP contribution in [0.25, 0.3) is 0 Å². The second-order valence-electron chi connectivity index (χ2n) is 5.07. The number of carboxylic acid groups (broad SMARTS) is 1. The molecule has 5 nitrogen and oxygen atoms in total. The van der Waals surface area contributed by atoms with Gasteiger partial charge in [0.1, 0.15) is 0 Å². The van der Waals surface area contributed by atoms with Gasteiger partial charge in [-0.1, -0.05) is 0 Å². The van der Waals surface area contributed by atoms with Crippen molar-refractivity contribution in [2.75, 3.05) is 39.3 Å². The van der Waals surface area contributed by atoms with E-state index >= 15 is 0 Å². The predicted molar refractivity (Wildman–Crippen MR) is 66.3 cm³/mol. The van der Waals surface area contributed by atoms with Crippen LogP contribution >= 0.6 is 0 Å². The van der Waals surface area contributed by atoms with Crippen LogP contribution in [-0.2, 0) is 0 Å². The van der Waals surface area contributed by atoms with Crippen molar-refractivity contribution in [3.8, 4) is 0 Å². The van der Waals surface area contributed by atoms with Gasteiger partial charge in [0.25, 0.3) is 0 Å². The van der Waals surface area contributed by atoms with E-state index in [1.807, 2.05) is 0 Å². The van der Waals surface area contributed by atoms with Crippen LogP contribution in [0, 0.1) is 0 Å². The minimum absolute atomic E-state index is 0.349. The van der Waals surface area contributed by atoms with Gasteiger partial charge in [0.05, 0.1) is 0 Å². The van der Waals surface area contributed by atoms with Gasteiger partial charge in [-0.25, -0.2) is 4.79 Å². The molecule has 2 rings (SSSR count). The van der Waals surface area contributed by atoms with Gasteiger partial charge in [0.2, 0.25) is 0 Å². The molecule has 0 spiro atoms. The third-order valence-electron chi connectivity index (χ3n) is 3.75. The fraction of sp³-hybridized carbons (Fsp3) is 0.917. The number of rotatable bonds is 4. The highest BCUT2D eigenvalue weighted by atomic mass is 16.4. The fourth-order valence-electron chi connectivity index (χ4n) is 2.75. The van der Waals surface area contributed by atoms with Crippen LogP contribution in [0.1, 0.15) is 25.7 Å². The van der Waals surface area contributed by atoms with Gasteiger partial charge in [-0.2, -0.15) is 0 Å². The van der Waals surface area contributed by atoms with Crippen molar-refractivity contribution in [2.45, 2.75) is 31.7 Å². The molecule has 2 fully saturated rings. The molecule has 1 atom stereocenters. The molecule has 2 N–H and O–H groups in total. The van der Waals surface area contributed by atoms with Crippen LogP contribution in [0.5, 0.6) is 0 Å². The number of piperidine rings is 1. The van der Waals surface area contributed by atoms with Crippen molar-refractivity contribution in [3.05, 3.63) is 0 Å². The van der Waals surface area contributed by atoms with Gasteiger partial charge in [-0.05, 0) is 38.8 Å². The summed E-state index contributed by atoms with van der Waals surface area (Å²) in [5, 5.41) is 12.4. The van der Waals surface area contributed by atoms with Crippen molar-refractivity contribution in [1.82, 2.24) is 15.1 Å². The standard InChI is InChI=1S/C12H23N3O2/c16-12(17)15-8-3-4-11(10-15)13-5-9-14-6-1-2-7-14/h11,13H,1-10H2,(H,16,17). The zero-order chi connectivity index (χ0) is 12.1. The van der Waals surface area contributed by atoms with Crippen molar-refractivity contribution >= 4 is 6.09 Å². The zero-order valence-corrected chi connectivity index (χ0v) is 10.4. The number of likely N-dealkylation sites (tertiary alicyclic amines) is 2. The van der Waals surface area contributed by atoms with E-state index in [0.29, 0.717) is 19.1 Å². The molecule has 1 amide bonds. The van der Waals surface area contributed by atoms with Crippen LogP contribution in [0.2, 0.25) is 0 Å². The maximum absolute atomic E-state index is 10.9. The lowest BCUT2D eigenvalue weighted by Gasteiger charge is -2.31. The van der Waals surface area contributed by atoms with Crippen LogP contribution in [-0.4, -0.2) is 66.3 Å². The Hall–Kier alpha value is -0.810. The summed E-state index contributed by atoms with van der Waals surface area (Å²) >= 11 is 0. The molecule has 2 saturated heterocycles. The molecule has 2 aliphatic rings. The maximum atomic E-state index is 10.9. The van der Waals surface area contributed by atoms with Crippen molar-refractivity contribution in [3.63, 3.8) is 0 Å². The lowest BCUT2D eigenvalue weighted by molar-refractivity contribution is 0.125. The number of hydrogen-bond donors (Lipinski definition) is 2. The van der Waals surface area contributed by atoms with Gasteiger partial charge in [-0.15, -0.1) is 0 Å². The van der Waals surface area contributed by atoms with Crippen LogP contribution in [0.15, 0.2) is 0 Å². The van der Waals surface area contributed by atoms with E-state index in [1.165, 1.54) is 30.8 Å². The van der Waals surface area contributed by atoms with E-state index in [1.54, 1.807) is 0 Å². The molecule has 98 valence electrons. The molecule has 2 aliphatic heterocycles. The molecule has 0 saturated carbocycles. The average molecular weight is 241 g/mol. The second-order valence-corrected chi connectivity index (χ2v) is 5.07. The molecule has 0 aromatic rings. The second kappa shape index (κ2) is 6.21. The van der Waals surface area contributed by atoms with Crippen molar-refractivity contribution in [2.24, 2.45) is 0 Å². The quantitative estimate of drug-likeness (QED) is 0.765. The Kier molecular flexibility index (Phi) is 4.62. The third-order valence-corrected chi connectivity index (χ3v) is 3.75. The van der Waals surface area contributed by atoms with Gasteiger partial charge in [0, 0.05) is 32.2 Å². The Balaban J connectivity index is 1.62. The Morgan fingerprint density at radius 1 is 1.24 bits per heavy atom. The van der Waals surface area contributed by atoms with Gasteiger partial charge < -0.3 is 20.2 Å². The number of amides is 1. The predicted octanol–water partition coefficient (Wildman–Crippen LogP) is 0.814. The van der Waals surface area contributed by atoms with E-state index in [-0.39, 0.29) is 0 Å². The highest BCUT2D eigenvalue weighted by molar-refractivity contribution is 5.65. The number of nitrogens with zero attached hydrogens (tertiary/aromatic N) is 2. The summed E-state index contributed by atoms with van der Waals surface area (Å²) < 4.78 is 0. The lowest BCUT2D eigenvalue weighted by atomic mass is 10.1. The zero-order valence-electron chi connectivity index (χ0n) is 10.4. The van der Waals surface area contributed by atoms with Crippen LogP contribution < -0.4 is 5.32 Å². The monoisotopic (exact) mass is 241 g/mol. The number of nitrogens with one attached hydrogen (secondary N) is 1. The molecule has 5 heteroatoms. The molecule has 2 heterocycles. The SMILES string of the molecule is O=C(O)N1CCCC(NCCN2CCCC2)C1. The summed E-state index contributed by atoms with van der Waals surface area (Å²) in [4.78, 5) is 14.9. The summed E-state index contributed by atoms with van der Waals surface area (Å²) in [5.41, 5.74) is 0. The Bertz CT molecular complexity index is 254. The first-order chi connectivity index (χ1) is 8.25. The topological polar surface area (TPSA) is 55.8 Å². The molecule has 0 radical (unpaired) electrons. The Morgan fingerprint density at radius 3 is 2.71 bits per heavy atom. The van der Waals surface area contributed by atoms with E-state index < -0.39 is 6.09 Å². The minimum Gasteiger partial charge on any atom is -0.465 e. The van der Waals surface area contributed by atoms with Crippen LogP contribution in [0.3, 0.4) is 0 Å². The smallest absolute Gasteiger partial charge is 0.407 e. The molecule has 0 bridgehead atoms. The molecule has 0 aromatic heterocycles. The van der Waals surface area contributed by atoms with Crippen molar-refractivity contribution < 1.29 is 9.90 Å². The number of hydrogen-bond acceptors (Lipinski definition) is 3. The van der Waals surface area contributed by atoms with E-state index in [9.17, 15) is 4.79 Å². The van der Waals surface area contributed by atoms with E-state index in [4.69, 9.17) is 5.11 Å². The van der Waals surface area contributed by atoms with Crippen molar-refractivity contribution in [1.29, 1.82) is 0 Å². The summed E-state index contributed by atoms with van der Waals surface area (Å²) in [5.74, 6) is 0. The maximum Gasteiger partial charge on any atom is 0.407 e. The highest BCUT2D eigenvalue weighted by Crippen LogP contribution is 2.10. The third kappa shape index (κ3) is 3.85. The first-order valence-electron chi connectivity index (χ1n) is 6.69. The van der Waals surface area contributed by atoms with Crippen LogP contribution in [0.4, 0.5) is 4.79 Å². The average Bonchev–Trinajstić information content (AvgIpc) is 2.82. The van der Waals surface area contributed by atoms with Gasteiger partial charge in [-0.3, -0.25) is 0 Å². The van der Waals surface area contributed by atoms with E-state index in [2.05, 4.69) is 10.2 Å². The summed E-state index contributed by atoms with van der Waals surface area (Å²) in [6, 6.07) is 0.349. The summed E-state index contributed by atoms with van der Waals surface area (Å²) in [6.07, 6.45) is 3.96. The fourth-order valence-corrected chi connectivity index (χ4v) is 2.75. The molecular formula is C12H23N3O2. The number of carbonyl (C=O) groups is 1. The van der Waals surface area contributed by atoms with Gasteiger partial charge in [0.15, 0.2) is 0 Å². The molecule has 0 aliphatic carbocycles. The first kappa shape index (κ1) is 12.6. The molecule has 1 unspecified atom stereocenters. The molecule has 17 heavy (non-hydrogen) atoms. The Morgan fingerprint density at radius 2 is 2.00 bits per heavy atom. The van der Waals surface area contributed by atoms with Gasteiger partial charge >= 0.3 is 6.09 Å². The summed E-state index contributed by atoms with van der Waals surface area (Å²) in [6.45, 7) is 5.89. The minimum atomic E-state index is -0.781. The normalized spacial score (nSPS) is 26.4. The Labute approximate surface area is 103 Å². The molecular weight excluding hydrogens is 218 g/mol. The molecule has 0 aromatic carbocycles. The highest BCUT2D eigenvalue weighted by Gasteiger charge is 2.22.